The van der Waals surface area contributed by atoms with Crippen molar-refractivity contribution in [3.8, 4) is 0 Å². The molecule has 0 aliphatic carbocycles. The number of halogens is 4. The van der Waals surface area contributed by atoms with E-state index in [2.05, 4.69) is 22.7 Å². The van der Waals surface area contributed by atoms with Crippen molar-refractivity contribution in [1.82, 2.24) is 5.32 Å². The van der Waals surface area contributed by atoms with Crippen molar-refractivity contribution < 1.29 is 22.4 Å². The van der Waals surface area contributed by atoms with Crippen molar-refractivity contribution in [2.45, 2.75) is 32.0 Å². The number of hydrogen-bond donors (Lipinski definition) is 1. The fraction of sp³-hybridized carbons (Fsp3) is 0.462. The molecule has 24 heavy (non-hydrogen) atoms. The van der Waals surface area contributed by atoms with Gasteiger partial charge in [-0.15, -0.1) is 0 Å². The molecule has 0 unspecified atom stereocenters. The van der Waals surface area contributed by atoms with Gasteiger partial charge in [0.25, 0.3) is 0 Å². The summed E-state index contributed by atoms with van der Waals surface area (Å²) in [6.07, 6.45) is 4.04. The second kappa shape index (κ2) is 9.87. The number of azide groups is 1. The number of unbranched alkanes of at least 4 members (excludes halogenated alkanes) is 3. The molecule has 126 valence electrons. The number of hydrogen-bond acceptors (Lipinski definition) is 2. The Morgan fingerprint density at radius 3 is 2.21 bits per heavy atom. The van der Waals surface area contributed by atoms with Gasteiger partial charge in [-0.05, 0) is 5.53 Å². The Bertz CT molecular complexity index is 651. The summed E-state index contributed by atoms with van der Waals surface area (Å²) < 4.78 is 54.7. The predicted octanol–water partition coefficient (Wildman–Crippen LogP) is 3.41. The van der Waals surface area contributed by atoms with E-state index in [0.717, 1.165) is 25.6 Å². The van der Waals surface area contributed by atoms with E-state index in [9.17, 15) is 22.4 Å². The quantitative estimate of drug-likeness (QED) is 0.140. The van der Waals surface area contributed by atoms with Gasteiger partial charge in [0.15, 0.2) is 0 Å². The van der Waals surface area contributed by atoms with Gasteiger partial charge in [0, 0.05) is 4.91 Å². The Hall–Kier alpha value is -2.15. The molecule has 1 rings (SSSR count). The van der Waals surface area contributed by atoms with Gasteiger partial charge in [-0.25, -0.2) is 0 Å². The normalized spacial score (nSPS) is 9.96. The summed E-state index contributed by atoms with van der Waals surface area (Å²) in [5.74, 6) is -8.91. The van der Waals surface area contributed by atoms with E-state index in [1.807, 2.05) is 0 Å². The molecule has 0 aliphatic rings. The summed E-state index contributed by atoms with van der Waals surface area (Å²) in [5, 5.41) is 4.75. The molecule has 0 aromatic heterocycles. The van der Waals surface area contributed by atoms with Crippen LogP contribution in [0.3, 0.4) is 0 Å². The molecule has 0 saturated heterocycles. The Morgan fingerprint density at radius 2 is 1.67 bits per heavy atom. The van der Waals surface area contributed by atoms with Crippen LogP contribution in [0.25, 0.3) is 10.4 Å². The van der Waals surface area contributed by atoms with Crippen molar-refractivity contribution >= 4 is 25.8 Å². The fourth-order valence-corrected chi connectivity index (χ4v) is 2.01. The minimum absolute atomic E-state index is 0.104. The monoisotopic (exact) mass is 340 g/mol. The van der Waals surface area contributed by atoms with Gasteiger partial charge in [0.1, 0.15) is 0 Å². The van der Waals surface area contributed by atoms with Gasteiger partial charge >= 0.3 is 121 Å². The summed E-state index contributed by atoms with van der Waals surface area (Å²) >= 11 is 0. The first-order chi connectivity index (χ1) is 11.5. The summed E-state index contributed by atoms with van der Waals surface area (Å²) in [7, 11) is 3.58. The van der Waals surface area contributed by atoms with E-state index in [1.54, 1.807) is 6.80 Å². The third-order valence-electron chi connectivity index (χ3n) is 3.23. The van der Waals surface area contributed by atoms with Crippen LogP contribution < -0.4 is 5.32 Å². The van der Waals surface area contributed by atoms with E-state index in [-0.39, 0.29) is 6.54 Å². The summed E-state index contributed by atoms with van der Waals surface area (Å²) in [6, 6.07) is 0. The third-order valence-corrected chi connectivity index (χ3v) is 3.23. The molecule has 11 heteroatoms. The first-order valence-electron chi connectivity index (χ1n) is 7.25. The van der Waals surface area contributed by atoms with Gasteiger partial charge in [0.05, 0.1) is 0 Å². The molecule has 0 aliphatic heterocycles. The molecule has 0 saturated carbocycles. The first-order valence-corrected chi connectivity index (χ1v) is 7.25. The molecule has 0 heterocycles. The summed E-state index contributed by atoms with van der Waals surface area (Å²) in [6.45, 7) is 1.89. The van der Waals surface area contributed by atoms with Crippen molar-refractivity contribution in [1.29, 1.82) is 0 Å². The average molecular weight is 340 g/mol. The zero-order chi connectivity index (χ0) is 18.1. The number of carbonyl (C=O) groups excluding carboxylic acids is 1. The fourth-order valence-electron chi connectivity index (χ4n) is 2.01. The first kappa shape index (κ1) is 19.9. The minimum atomic E-state index is -1.92. The average Bonchev–Trinajstić information content (AvgIpc) is 2.56. The van der Waals surface area contributed by atoms with Crippen molar-refractivity contribution in [3.05, 3.63) is 39.3 Å². The van der Waals surface area contributed by atoms with Crippen LogP contribution in [0.2, 0.25) is 6.32 Å². The zero-order valence-electron chi connectivity index (χ0n) is 12.8. The van der Waals surface area contributed by atoms with Crippen LogP contribution >= 0.6 is 0 Å². The number of rotatable bonds is 9. The molecule has 5 nitrogen and oxygen atoms in total. The van der Waals surface area contributed by atoms with Crippen LogP contribution in [0.4, 0.5) is 23.2 Å². The van der Waals surface area contributed by atoms with Gasteiger partial charge in [-0.3, -0.25) is 0 Å². The van der Waals surface area contributed by atoms with Crippen LogP contribution in [0.5, 0.6) is 0 Å². The SMILES string of the molecule is B=BCCCCCCNC(=O)c1c(F)c(F)c(N=[N+]=[N-])c(F)c1F. The Balaban J connectivity index is 2.78. The molecule has 0 radical (unpaired) electrons. The molecule has 0 spiro atoms. The van der Waals surface area contributed by atoms with Crippen LogP contribution in [-0.2, 0) is 0 Å². The topological polar surface area (TPSA) is 77.9 Å². The van der Waals surface area contributed by atoms with E-state index < -0.39 is 40.4 Å². The number of nitrogens with one attached hydrogen (secondary N) is 1. The molecular formula is C13H14B2F4N4O. The second-order valence-corrected chi connectivity index (χ2v) is 4.92. The van der Waals surface area contributed by atoms with Crippen molar-refractivity contribution in [2.75, 3.05) is 6.54 Å². The molecule has 1 N–H and O–H groups in total. The molecule has 0 atom stereocenters. The van der Waals surface area contributed by atoms with E-state index >= 15 is 0 Å². The maximum atomic E-state index is 13.8. The second-order valence-electron chi connectivity index (χ2n) is 4.92. The number of amides is 1. The van der Waals surface area contributed by atoms with Crippen LogP contribution in [0, 0.1) is 23.3 Å². The van der Waals surface area contributed by atoms with E-state index in [4.69, 9.17) is 5.53 Å². The van der Waals surface area contributed by atoms with Crippen molar-refractivity contribution in [2.24, 2.45) is 5.11 Å². The molecule has 1 aromatic carbocycles. The summed E-state index contributed by atoms with van der Waals surface area (Å²) in [4.78, 5) is 13.8. The zero-order valence-corrected chi connectivity index (χ0v) is 12.8. The Morgan fingerprint density at radius 1 is 1.08 bits per heavy atom. The standard InChI is InChI=1S/C13H14B2F4N4O/c14-15-5-3-1-2-4-6-21-13(24)7-8(16)10(18)12(22-23-20)11(19)9(7)17/h14H,1-6H2,(H,21,24). The Kier molecular flexibility index (Phi) is 8.18. The molecule has 1 amide bonds. The van der Waals surface area contributed by atoms with E-state index in [1.165, 1.54) is 0 Å². The van der Waals surface area contributed by atoms with Gasteiger partial charge in [-0.2, -0.15) is 0 Å². The number of carbonyl (C=O) groups is 1. The third kappa shape index (κ3) is 4.92. The van der Waals surface area contributed by atoms with Gasteiger partial charge in [-0.1, -0.05) is 5.11 Å². The predicted molar refractivity (Wildman–Crippen MR) is 83.6 cm³/mol. The van der Waals surface area contributed by atoms with E-state index in [0.29, 0.717) is 6.42 Å². The summed E-state index contributed by atoms with van der Waals surface area (Å²) in [5.41, 5.74) is 5.31. The molecule has 0 fully saturated rings. The van der Waals surface area contributed by atoms with Crippen molar-refractivity contribution in [3.63, 3.8) is 0 Å². The van der Waals surface area contributed by atoms with Crippen LogP contribution in [0.15, 0.2) is 5.11 Å². The number of nitrogens with zero attached hydrogens (tertiary/aromatic N) is 3. The van der Waals surface area contributed by atoms with Gasteiger partial charge < -0.3 is 0 Å². The van der Waals surface area contributed by atoms with Crippen LogP contribution in [0.1, 0.15) is 36.0 Å². The van der Waals surface area contributed by atoms with Gasteiger partial charge in [0.2, 0.25) is 0 Å². The molecular weight excluding hydrogens is 326 g/mol. The number of benzene rings is 1. The molecule has 0 bridgehead atoms. The Labute approximate surface area is 137 Å². The maximum absolute atomic E-state index is 13.8. The molecule has 1 aromatic rings. The van der Waals surface area contributed by atoms with Crippen LogP contribution in [-0.4, -0.2) is 26.6 Å².